The molecule has 24 heavy (non-hydrogen) atoms. The van der Waals surface area contributed by atoms with E-state index < -0.39 is 10.8 Å². The van der Waals surface area contributed by atoms with Crippen LogP contribution in [0.5, 0.6) is 11.5 Å². The van der Waals surface area contributed by atoms with E-state index in [1.807, 2.05) is 32.1 Å². The summed E-state index contributed by atoms with van der Waals surface area (Å²) in [6, 6.07) is 3.64. The van der Waals surface area contributed by atoms with Crippen LogP contribution in [0.2, 0.25) is 0 Å². The monoisotopic (exact) mass is 350 g/mol. The molecule has 0 saturated heterocycles. The topological polar surface area (TPSA) is 77.0 Å². The van der Waals surface area contributed by atoms with Crippen molar-refractivity contribution >= 4 is 28.5 Å². The van der Waals surface area contributed by atoms with Crippen molar-refractivity contribution in [2.24, 2.45) is 11.0 Å². The van der Waals surface area contributed by atoms with Gasteiger partial charge in [-0.3, -0.25) is 9.00 Å². The third kappa shape index (κ3) is 3.84. The lowest BCUT2D eigenvalue weighted by molar-refractivity contribution is -0.121. The third-order valence-electron chi connectivity index (χ3n) is 3.82. The van der Waals surface area contributed by atoms with Crippen LogP contribution in [0, 0.1) is 5.92 Å². The largest absolute Gasteiger partial charge is 0.493 e. The van der Waals surface area contributed by atoms with Gasteiger partial charge in [0, 0.05) is 18.6 Å². The molecule has 2 unspecified atom stereocenters. The second-order valence-electron chi connectivity index (χ2n) is 5.67. The summed E-state index contributed by atoms with van der Waals surface area (Å²) in [5, 5.41) is 4.15. The first-order valence-corrected chi connectivity index (χ1v) is 9.07. The molecule has 0 aromatic heterocycles. The Hall–Kier alpha value is -2.15. The lowest BCUT2D eigenvalue weighted by Gasteiger charge is -2.19. The first kappa shape index (κ1) is 18.2. The van der Waals surface area contributed by atoms with Crippen molar-refractivity contribution in [2.75, 3.05) is 20.5 Å². The van der Waals surface area contributed by atoms with Gasteiger partial charge in [0.25, 0.3) is 0 Å². The SMILES string of the molecule is COc1cc(C=C(C)C2=NNC(=O)CC2C)cc(S(C)=O)c1OC. The molecule has 6 nitrogen and oxygen atoms in total. The minimum atomic E-state index is -1.22. The number of hydrogen-bond acceptors (Lipinski definition) is 5. The quantitative estimate of drug-likeness (QED) is 0.884. The number of methoxy groups -OCH3 is 2. The predicted octanol–water partition coefficient (Wildman–Crippen LogP) is 2.36. The summed E-state index contributed by atoms with van der Waals surface area (Å²) in [6.45, 7) is 3.90. The Bertz CT molecular complexity index is 740. The van der Waals surface area contributed by atoms with Crippen LogP contribution in [0.3, 0.4) is 0 Å². The number of hydrogen-bond donors (Lipinski definition) is 1. The van der Waals surface area contributed by atoms with Gasteiger partial charge in [-0.05, 0) is 36.3 Å². The van der Waals surface area contributed by atoms with Crippen LogP contribution in [0.4, 0.5) is 0 Å². The zero-order valence-corrected chi connectivity index (χ0v) is 15.3. The first-order valence-electron chi connectivity index (χ1n) is 7.51. The van der Waals surface area contributed by atoms with Gasteiger partial charge in [0.05, 0.1) is 35.6 Å². The van der Waals surface area contributed by atoms with Crippen molar-refractivity contribution in [2.45, 2.75) is 25.2 Å². The van der Waals surface area contributed by atoms with Gasteiger partial charge in [0.15, 0.2) is 11.5 Å². The highest BCUT2D eigenvalue weighted by Gasteiger charge is 2.21. The van der Waals surface area contributed by atoms with Gasteiger partial charge in [-0.1, -0.05) is 6.92 Å². The number of carbonyl (C=O) groups is 1. The minimum absolute atomic E-state index is 0.0509. The molecule has 130 valence electrons. The molecular formula is C17H22N2O4S. The van der Waals surface area contributed by atoms with E-state index in [9.17, 15) is 9.00 Å². The van der Waals surface area contributed by atoms with E-state index in [0.717, 1.165) is 16.8 Å². The number of carbonyl (C=O) groups excluding carboxylic acids is 1. The molecule has 7 heteroatoms. The van der Waals surface area contributed by atoms with Crippen LogP contribution in [0.1, 0.15) is 25.8 Å². The van der Waals surface area contributed by atoms with Crippen molar-refractivity contribution in [1.29, 1.82) is 0 Å². The highest BCUT2D eigenvalue weighted by molar-refractivity contribution is 7.84. The summed E-state index contributed by atoms with van der Waals surface area (Å²) >= 11 is 0. The summed E-state index contributed by atoms with van der Waals surface area (Å²) < 4.78 is 22.7. The lowest BCUT2D eigenvalue weighted by Crippen LogP contribution is -2.31. The highest BCUT2D eigenvalue weighted by atomic mass is 32.2. The predicted molar refractivity (Wildman–Crippen MR) is 94.9 cm³/mol. The number of nitrogens with zero attached hydrogens (tertiary/aromatic N) is 1. The average Bonchev–Trinajstić information content (AvgIpc) is 2.53. The molecule has 0 fully saturated rings. The van der Waals surface area contributed by atoms with Crippen LogP contribution in [-0.4, -0.2) is 36.3 Å². The Morgan fingerprint density at radius 1 is 1.38 bits per heavy atom. The molecule has 0 aliphatic carbocycles. The van der Waals surface area contributed by atoms with Gasteiger partial charge < -0.3 is 9.47 Å². The number of nitrogens with one attached hydrogen (secondary N) is 1. The summed E-state index contributed by atoms with van der Waals surface area (Å²) in [5.41, 5.74) is 5.12. The van der Waals surface area contributed by atoms with E-state index in [2.05, 4.69) is 10.5 Å². The smallest absolute Gasteiger partial charge is 0.240 e. The van der Waals surface area contributed by atoms with Gasteiger partial charge in [0.2, 0.25) is 5.91 Å². The summed E-state index contributed by atoms with van der Waals surface area (Å²) in [4.78, 5) is 11.9. The number of allylic oxidation sites excluding steroid dienone is 1. The number of ether oxygens (including phenoxy) is 2. The molecule has 1 aromatic rings. The second kappa shape index (κ2) is 7.61. The van der Waals surface area contributed by atoms with Crippen molar-refractivity contribution in [1.82, 2.24) is 5.43 Å². The molecule has 0 spiro atoms. The van der Waals surface area contributed by atoms with E-state index in [1.54, 1.807) is 13.4 Å². The summed E-state index contributed by atoms with van der Waals surface area (Å²) in [7, 11) is 1.85. The molecule has 1 aromatic carbocycles. The zero-order valence-electron chi connectivity index (χ0n) is 14.5. The molecule has 2 atom stereocenters. The van der Waals surface area contributed by atoms with E-state index in [-0.39, 0.29) is 11.8 Å². The van der Waals surface area contributed by atoms with Crippen LogP contribution < -0.4 is 14.9 Å². The Balaban J connectivity index is 2.47. The molecule has 2 rings (SSSR count). The number of hydrazone groups is 1. The molecule has 0 radical (unpaired) electrons. The molecule has 1 N–H and O–H groups in total. The van der Waals surface area contributed by atoms with Gasteiger partial charge in [-0.15, -0.1) is 0 Å². The van der Waals surface area contributed by atoms with Crippen molar-refractivity contribution in [3.63, 3.8) is 0 Å². The summed E-state index contributed by atoms with van der Waals surface area (Å²) in [6.07, 6.45) is 3.95. The Labute approximate surface area is 144 Å². The fourth-order valence-corrected chi connectivity index (χ4v) is 3.45. The molecule has 1 aliphatic heterocycles. The van der Waals surface area contributed by atoms with Crippen molar-refractivity contribution < 1.29 is 18.5 Å². The maximum atomic E-state index is 12.0. The van der Waals surface area contributed by atoms with Crippen LogP contribution in [0.15, 0.2) is 27.7 Å². The van der Waals surface area contributed by atoms with Crippen molar-refractivity contribution in [3.05, 3.63) is 23.3 Å². The standard InChI is InChI=1S/C17H22N2O4S/c1-10(16-11(2)7-15(20)18-19-16)6-12-8-13(22-3)17(23-4)14(9-12)24(5)21/h6,8-9,11H,7H2,1-5H3,(H,18,20). The molecule has 0 bridgehead atoms. The van der Waals surface area contributed by atoms with E-state index in [4.69, 9.17) is 9.47 Å². The molecule has 1 aliphatic rings. The first-order chi connectivity index (χ1) is 11.4. The summed E-state index contributed by atoms with van der Waals surface area (Å²) in [5.74, 6) is 0.976. The third-order valence-corrected chi connectivity index (χ3v) is 4.75. The van der Waals surface area contributed by atoms with Gasteiger partial charge in [-0.25, -0.2) is 5.43 Å². The fourth-order valence-electron chi connectivity index (χ4n) is 2.70. The number of rotatable bonds is 5. The van der Waals surface area contributed by atoms with Crippen LogP contribution >= 0.6 is 0 Å². The lowest BCUT2D eigenvalue weighted by atomic mass is 9.93. The number of amides is 1. The van der Waals surface area contributed by atoms with Crippen LogP contribution in [-0.2, 0) is 15.6 Å². The van der Waals surface area contributed by atoms with E-state index in [1.165, 1.54) is 7.11 Å². The molecule has 1 heterocycles. The van der Waals surface area contributed by atoms with E-state index >= 15 is 0 Å². The van der Waals surface area contributed by atoms with E-state index in [0.29, 0.717) is 22.8 Å². The second-order valence-corrected chi connectivity index (χ2v) is 7.02. The van der Waals surface area contributed by atoms with Crippen molar-refractivity contribution in [3.8, 4) is 11.5 Å². The minimum Gasteiger partial charge on any atom is -0.493 e. The maximum absolute atomic E-state index is 12.0. The normalized spacial score (nSPS) is 19.4. The van der Waals surface area contributed by atoms with Gasteiger partial charge in [0.1, 0.15) is 0 Å². The van der Waals surface area contributed by atoms with Crippen LogP contribution in [0.25, 0.3) is 6.08 Å². The zero-order chi connectivity index (χ0) is 17.9. The Morgan fingerprint density at radius 3 is 2.62 bits per heavy atom. The number of benzene rings is 1. The molecule has 1 amide bonds. The molecule has 0 saturated carbocycles. The fraction of sp³-hybridized carbons (Fsp3) is 0.412. The van der Waals surface area contributed by atoms with Gasteiger partial charge >= 0.3 is 0 Å². The van der Waals surface area contributed by atoms with Gasteiger partial charge in [-0.2, -0.15) is 5.10 Å². The maximum Gasteiger partial charge on any atom is 0.240 e. The highest BCUT2D eigenvalue weighted by Crippen LogP contribution is 2.35. The molecular weight excluding hydrogens is 328 g/mol. The Morgan fingerprint density at radius 2 is 2.08 bits per heavy atom. The Kier molecular flexibility index (Phi) is 5.77. The average molecular weight is 350 g/mol.